The zero-order chi connectivity index (χ0) is 14.1. The predicted octanol–water partition coefficient (Wildman–Crippen LogP) is 4.22. The number of rotatable bonds is 2. The van der Waals surface area contributed by atoms with Crippen LogP contribution >= 0.6 is 15.9 Å². The van der Waals surface area contributed by atoms with Crippen LogP contribution in [0.3, 0.4) is 0 Å². The zero-order valence-electron chi connectivity index (χ0n) is 10.4. The number of hydrogen-bond donors (Lipinski definition) is 1. The summed E-state index contributed by atoms with van der Waals surface area (Å²) >= 11 is 3.20. The number of pyridine rings is 1. The zero-order valence-corrected chi connectivity index (χ0v) is 12.0. The van der Waals surface area contributed by atoms with E-state index in [2.05, 4.69) is 20.9 Å². The molecule has 0 aliphatic heterocycles. The molecule has 1 atom stereocenters. The van der Waals surface area contributed by atoms with Crippen LogP contribution in [0, 0.1) is 5.82 Å². The van der Waals surface area contributed by atoms with Crippen LogP contribution < -0.4 is 0 Å². The minimum absolute atomic E-state index is 0.241. The number of fused-ring (bicyclic) bond motifs is 1. The second-order valence-electron chi connectivity index (χ2n) is 4.53. The molecule has 1 N–H and O–H groups in total. The van der Waals surface area contributed by atoms with E-state index in [-0.39, 0.29) is 5.56 Å². The van der Waals surface area contributed by atoms with Gasteiger partial charge in [-0.15, -0.1) is 0 Å². The summed E-state index contributed by atoms with van der Waals surface area (Å²) in [5, 5.41) is 11.2. The minimum Gasteiger partial charge on any atom is -0.383 e. The van der Waals surface area contributed by atoms with Crippen molar-refractivity contribution < 1.29 is 9.50 Å². The summed E-state index contributed by atoms with van der Waals surface area (Å²) in [6, 6.07) is 14.1. The van der Waals surface area contributed by atoms with Gasteiger partial charge in [-0.25, -0.2) is 4.39 Å². The number of nitrogens with zero attached hydrogens (tertiary/aromatic N) is 1. The summed E-state index contributed by atoms with van der Waals surface area (Å²) in [6.45, 7) is 0. The number of benzene rings is 2. The minimum atomic E-state index is -1.03. The van der Waals surface area contributed by atoms with Crippen molar-refractivity contribution in [1.29, 1.82) is 0 Å². The second-order valence-corrected chi connectivity index (χ2v) is 5.45. The molecule has 0 radical (unpaired) electrons. The van der Waals surface area contributed by atoms with Gasteiger partial charge in [-0.3, -0.25) is 4.98 Å². The number of aliphatic hydroxyl groups excluding tert-OH is 1. The molecule has 0 aliphatic rings. The van der Waals surface area contributed by atoms with E-state index in [1.807, 2.05) is 30.3 Å². The third kappa shape index (κ3) is 2.44. The Morgan fingerprint density at radius 1 is 1.10 bits per heavy atom. The maximum Gasteiger partial charge on any atom is 0.130 e. The highest BCUT2D eigenvalue weighted by molar-refractivity contribution is 9.10. The summed E-state index contributed by atoms with van der Waals surface area (Å²) < 4.78 is 14.5. The maximum absolute atomic E-state index is 13.9. The van der Waals surface area contributed by atoms with Crippen LogP contribution in [-0.4, -0.2) is 10.1 Å². The lowest BCUT2D eigenvalue weighted by Gasteiger charge is -2.13. The number of aliphatic hydroxyl groups is 1. The van der Waals surface area contributed by atoms with Gasteiger partial charge >= 0.3 is 0 Å². The molecule has 0 saturated carbocycles. The van der Waals surface area contributed by atoms with E-state index in [0.29, 0.717) is 10.0 Å². The maximum atomic E-state index is 13.9. The second kappa shape index (κ2) is 5.31. The fraction of sp³-hybridized carbons (Fsp3) is 0.0625. The molecule has 0 spiro atoms. The Balaban J connectivity index is 2.05. The van der Waals surface area contributed by atoms with Crippen molar-refractivity contribution in [3.8, 4) is 0 Å². The predicted molar refractivity (Wildman–Crippen MR) is 79.9 cm³/mol. The number of para-hydroxylation sites is 1. The molecule has 20 heavy (non-hydrogen) atoms. The van der Waals surface area contributed by atoms with Crippen LogP contribution in [0.1, 0.15) is 17.2 Å². The average Bonchev–Trinajstić information content (AvgIpc) is 2.46. The molecule has 3 aromatic rings. The van der Waals surface area contributed by atoms with Crippen molar-refractivity contribution in [2.45, 2.75) is 6.10 Å². The van der Waals surface area contributed by atoms with Crippen LogP contribution in [0.4, 0.5) is 4.39 Å². The smallest absolute Gasteiger partial charge is 0.130 e. The first-order valence-electron chi connectivity index (χ1n) is 6.13. The van der Waals surface area contributed by atoms with Gasteiger partial charge in [-0.05, 0) is 24.3 Å². The largest absolute Gasteiger partial charge is 0.383 e. The molecule has 3 rings (SSSR count). The molecule has 0 fully saturated rings. The van der Waals surface area contributed by atoms with Gasteiger partial charge in [0.05, 0.1) is 5.52 Å². The molecule has 0 bridgehead atoms. The van der Waals surface area contributed by atoms with E-state index in [1.54, 1.807) is 18.3 Å². The fourth-order valence-corrected chi connectivity index (χ4v) is 2.47. The SMILES string of the molecule is OC(c1cnc2ccccc2c1)c1ccc(Br)cc1F. The molecule has 1 unspecified atom stereocenters. The van der Waals surface area contributed by atoms with Gasteiger partial charge in [0.15, 0.2) is 0 Å². The number of hydrogen-bond acceptors (Lipinski definition) is 2. The van der Waals surface area contributed by atoms with Crippen LogP contribution in [0.2, 0.25) is 0 Å². The highest BCUT2D eigenvalue weighted by Gasteiger charge is 2.16. The van der Waals surface area contributed by atoms with Gasteiger partial charge in [0.25, 0.3) is 0 Å². The Hall–Kier alpha value is -1.78. The first-order chi connectivity index (χ1) is 9.65. The first kappa shape index (κ1) is 13.2. The number of aromatic nitrogens is 1. The highest BCUT2D eigenvalue weighted by atomic mass is 79.9. The average molecular weight is 332 g/mol. The van der Waals surface area contributed by atoms with E-state index >= 15 is 0 Å². The topological polar surface area (TPSA) is 33.1 Å². The van der Waals surface area contributed by atoms with E-state index in [4.69, 9.17) is 0 Å². The van der Waals surface area contributed by atoms with Crippen molar-refractivity contribution in [2.75, 3.05) is 0 Å². The van der Waals surface area contributed by atoms with Gasteiger partial charge in [0, 0.05) is 27.2 Å². The molecular weight excluding hydrogens is 321 g/mol. The van der Waals surface area contributed by atoms with Crippen LogP contribution in [0.25, 0.3) is 10.9 Å². The molecule has 1 heterocycles. The fourth-order valence-electron chi connectivity index (χ4n) is 2.14. The van der Waals surface area contributed by atoms with Crippen LogP contribution in [-0.2, 0) is 0 Å². The van der Waals surface area contributed by atoms with Crippen molar-refractivity contribution in [3.05, 3.63) is 76.1 Å². The third-order valence-electron chi connectivity index (χ3n) is 3.18. The molecule has 0 amide bonds. The van der Waals surface area contributed by atoms with Gasteiger partial charge < -0.3 is 5.11 Å². The van der Waals surface area contributed by atoms with Gasteiger partial charge in [-0.1, -0.05) is 40.2 Å². The van der Waals surface area contributed by atoms with Gasteiger partial charge in [0.2, 0.25) is 0 Å². The van der Waals surface area contributed by atoms with Crippen molar-refractivity contribution >= 4 is 26.8 Å². The standard InChI is InChI=1S/C16H11BrFNO/c17-12-5-6-13(14(18)8-12)16(20)11-7-10-3-1-2-4-15(10)19-9-11/h1-9,16,20H. The summed E-state index contributed by atoms with van der Waals surface area (Å²) in [5.74, 6) is -0.444. The molecule has 4 heteroatoms. The molecule has 2 aromatic carbocycles. The Kier molecular flexibility index (Phi) is 3.51. The monoisotopic (exact) mass is 331 g/mol. The quantitative estimate of drug-likeness (QED) is 0.762. The Morgan fingerprint density at radius 2 is 1.90 bits per heavy atom. The molecule has 2 nitrogen and oxygen atoms in total. The Morgan fingerprint density at radius 3 is 2.70 bits per heavy atom. The van der Waals surface area contributed by atoms with Gasteiger partial charge in [-0.2, -0.15) is 0 Å². The van der Waals surface area contributed by atoms with Gasteiger partial charge in [0.1, 0.15) is 11.9 Å². The Bertz CT molecular complexity index is 775. The van der Waals surface area contributed by atoms with E-state index in [1.165, 1.54) is 6.07 Å². The summed E-state index contributed by atoms with van der Waals surface area (Å²) in [6.07, 6.45) is 0.550. The lowest BCUT2D eigenvalue weighted by molar-refractivity contribution is 0.214. The van der Waals surface area contributed by atoms with E-state index < -0.39 is 11.9 Å². The molecule has 1 aromatic heterocycles. The highest BCUT2D eigenvalue weighted by Crippen LogP contribution is 2.27. The molecule has 0 saturated heterocycles. The lowest BCUT2D eigenvalue weighted by atomic mass is 10.0. The summed E-state index contributed by atoms with van der Waals surface area (Å²) in [5.41, 5.74) is 1.66. The molecule has 0 aliphatic carbocycles. The lowest BCUT2D eigenvalue weighted by Crippen LogP contribution is -2.03. The van der Waals surface area contributed by atoms with E-state index in [9.17, 15) is 9.50 Å². The van der Waals surface area contributed by atoms with Crippen LogP contribution in [0.15, 0.2) is 59.2 Å². The van der Waals surface area contributed by atoms with Crippen molar-refractivity contribution in [3.63, 3.8) is 0 Å². The van der Waals surface area contributed by atoms with Crippen LogP contribution in [0.5, 0.6) is 0 Å². The first-order valence-corrected chi connectivity index (χ1v) is 6.92. The molecule has 100 valence electrons. The van der Waals surface area contributed by atoms with Crippen molar-refractivity contribution in [1.82, 2.24) is 4.98 Å². The third-order valence-corrected chi connectivity index (χ3v) is 3.68. The summed E-state index contributed by atoms with van der Waals surface area (Å²) in [4.78, 5) is 4.28. The van der Waals surface area contributed by atoms with E-state index in [0.717, 1.165) is 10.9 Å². The summed E-state index contributed by atoms with van der Waals surface area (Å²) in [7, 11) is 0. The Labute approximate surface area is 124 Å². The van der Waals surface area contributed by atoms with Crippen molar-refractivity contribution in [2.24, 2.45) is 0 Å². The normalized spacial score (nSPS) is 12.6. The molecular formula is C16H11BrFNO. The number of halogens is 2.